The fourth-order valence-electron chi connectivity index (χ4n) is 1.94. The average Bonchev–Trinajstić information content (AvgIpc) is 2.12. The first kappa shape index (κ1) is 14.6. The number of anilines is 1. The number of rotatable bonds is 3. The number of hydrogen-bond acceptors (Lipinski definition) is 2. The molecule has 0 unspecified atom stereocenters. The Kier molecular flexibility index (Phi) is 4.38. The van der Waals surface area contributed by atoms with Gasteiger partial charge in [-0.25, -0.2) is 0 Å². The molecule has 0 bridgehead atoms. The summed E-state index contributed by atoms with van der Waals surface area (Å²) >= 11 is 0. The highest BCUT2D eigenvalue weighted by molar-refractivity contribution is 5.81. The molecule has 100 valence electrons. The van der Waals surface area contributed by atoms with Crippen LogP contribution in [-0.2, 0) is 4.79 Å². The molecule has 0 aliphatic heterocycles. The minimum absolute atomic E-state index is 0.0455. The van der Waals surface area contributed by atoms with Gasteiger partial charge in [0.15, 0.2) is 0 Å². The molecule has 1 amide bonds. The van der Waals surface area contributed by atoms with Crippen LogP contribution in [0.15, 0.2) is 18.2 Å². The molecule has 0 saturated carbocycles. The Morgan fingerprint density at radius 3 is 2.11 bits per heavy atom. The summed E-state index contributed by atoms with van der Waals surface area (Å²) in [5, 5.41) is 2.97. The van der Waals surface area contributed by atoms with Crippen molar-refractivity contribution < 1.29 is 4.79 Å². The van der Waals surface area contributed by atoms with Crippen molar-refractivity contribution in [3.8, 4) is 0 Å². The van der Waals surface area contributed by atoms with Gasteiger partial charge in [0.05, 0.1) is 6.54 Å². The Morgan fingerprint density at radius 2 is 1.67 bits per heavy atom. The lowest BCUT2D eigenvalue weighted by molar-refractivity contribution is -0.121. The molecule has 18 heavy (non-hydrogen) atoms. The van der Waals surface area contributed by atoms with Crippen LogP contribution in [0, 0.1) is 13.8 Å². The van der Waals surface area contributed by atoms with E-state index in [9.17, 15) is 4.79 Å². The quantitative estimate of drug-likeness (QED) is 0.892. The molecule has 0 radical (unpaired) electrons. The molecule has 1 aromatic rings. The number of benzene rings is 1. The fraction of sp³-hybridized carbons (Fsp3) is 0.533. The highest BCUT2D eigenvalue weighted by atomic mass is 16.2. The summed E-state index contributed by atoms with van der Waals surface area (Å²) < 4.78 is 0. The van der Waals surface area contributed by atoms with E-state index in [0.29, 0.717) is 6.54 Å². The van der Waals surface area contributed by atoms with E-state index in [1.807, 2.05) is 32.7 Å². The van der Waals surface area contributed by atoms with Gasteiger partial charge in [-0.05, 0) is 57.9 Å². The van der Waals surface area contributed by atoms with E-state index in [4.69, 9.17) is 0 Å². The van der Waals surface area contributed by atoms with Crippen LogP contribution in [-0.4, -0.2) is 25.0 Å². The molecule has 1 rings (SSSR count). The molecule has 0 fully saturated rings. The predicted molar refractivity (Wildman–Crippen MR) is 77.1 cm³/mol. The van der Waals surface area contributed by atoms with Crippen molar-refractivity contribution in [2.45, 2.75) is 40.2 Å². The molecule has 1 aromatic carbocycles. The van der Waals surface area contributed by atoms with E-state index in [-0.39, 0.29) is 11.4 Å². The minimum Gasteiger partial charge on any atom is -0.365 e. The summed E-state index contributed by atoms with van der Waals surface area (Å²) in [7, 11) is 1.94. The number of amides is 1. The van der Waals surface area contributed by atoms with Crippen molar-refractivity contribution >= 4 is 11.6 Å². The lowest BCUT2D eigenvalue weighted by atomic mass is 10.1. The maximum Gasteiger partial charge on any atom is 0.239 e. The number of likely N-dealkylation sites (N-methyl/N-ethyl adjacent to an activating group) is 1. The number of nitrogens with one attached hydrogen (secondary N) is 1. The van der Waals surface area contributed by atoms with E-state index in [1.165, 1.54) is 11.1 Å². The average molecular weight is 248 g/mol. The van der Waals surface area contributed by atoms with E-state index < -0.39 is 0 Å². The summed E-state index contributed by atoms with van der Waals surface area (Å²) in [6.45, 7) is 10.5. The molecule has 0 aliphatic rings. The number of hydrogen-bond donors (Lipinski definition) is 1. The second-order valence-electron chi connectivity index (χ2n) is 6.00. The van der Waals surface area contributed by atoms with Crippen molar-refractivity contribution in [1.29, 1.82) is 0 Å². The first-order chi connectivity index (χ1) is 8.17. The highest BCUT2D eigenvalue weighted by Gasteiger charge is 2.15. The topological polar surface area (TPSA) is 32.3 Å². The standard InChI is InChI=1S/C15H24N2O/c1-11-7-12(2)9-13(8-11)17(6)10-14(18)16-15(3,4)5/h7-9H,10H2,1-6H3,(H,16,18). The molecule has 3 heteroatoms. The first-order valence-electron chi connectivity index (χ1n) is 6.28. The van der Waals surface area contributed by atoms with Gasteiger partial charge in [0.2, 0.25) is 5.91 Å². The van der Waals surface area contributed by atoms with Crippen LogP contribution >= 0.6 is 0 Å². The summed E-state index contributed by atoms with van der Waals surface area (Å²) in [6.07, 6.45) is 0. The number of carbonyl (C=O) groups excluding carboxylic acids is 1. The number of carbonyl (C=O) groups is 1. The van der Waals surface area contributed by atoms with Crippen LogP contribution in [0.5, 0.6) is 0 Å². The molecular weight excluding hydrogens is 224 g/mol. The molecule has 0 spiro atoms. The molecule has 3 nitrogen and oxygen atoms in total. The Labute approximate surface area is 110 Å². The first-order valence-corrected chi connectivity index (χ1v) is 6.28. The van der Waals surface area contributed by atoms with Crippen molar-refractivity contribution in [3.05, 3.63) is 29.3 Å². The maximum atomic E-state index is 11.9. The van der Waals surface area contributed by atoms with E-state index in [0.717, 1.165) is 5.69 Å². The third-order valence-electron chi connectivity index (χ3n) is 2.54. The van der Waals surface area contributed by atoms with Crippen molar-refractivity contribution in [2.24, 2.45) is 0 Å². The largest absolute Gasteiger partial charge is 0.365 e. The normalized spacial score (nSPS) is 11.2. The third kappa shape index (κ3) is 4.78. The third-order valence-corrected chi connectivity index (χ3v) is 2.54. The Morgan fingerprint density at radius 1 is 1.17 bits per heavy atom. The van der Waals surface area contributed by atoms with Crippen LogP contribution < -0.4 is 10.2 Å². The summed E-state index contributed by atoms with van der Waals surface area (Å²) in [4.78, 5) is 13.8. The SMILES string of the molecule is Cc1cc(C)cc(N(C)CC(=O)NC(C)(C)C)c1. The summed E-state index contributed by atoms with van der Waals surface area (Å²) in [5.74, 6) is 0.0455. The van der Waals surface area contributed by atoms with Crippen LogP contribution in [0.25, 0.3) is 0 Å². The second kappa shape index (κ2) is 5.42. The monoisotopic (exact) mass is 248 g/mol. The maximum absolute atomic E-state index is 11.9. The van der Waals surface area contributed by atoms with Gasteiger partial charge in [0, 0.05) is 18.3 Å². The zero-order valence-electron chi connectivity index (χ0n) is 12.3. The van der Waals surface area contributed by atoms with Crippen LogP contribution in [0.2, 0.25) is 0 Å². The van der Waals surface area contributed by atoms with E-state index in [1.54, 1.807) is 0 Å². The summed E-state index contributed by atoms with van der Waals surface area (Å²) in [5.41, 5.74) is 3.33. The van der Waals surface area contributed by atoms with Gasteiger partial charge >= 0.3 is 0 Å². The fourth-order valence-corrected chi connectivity index (χ4v) is 1.94. The van der Waals surface area contributed by atoms with Crippen molar-refractivity contribution in [3.63, 3.8) is 0 Å². The Bertz CT molecular complexity index is 412. The molecule has 1 N–H and O–H groups in total. The van der Waals surface area contributed by atoms with Crippen LogP contribution in [0.1, 0.15) is 31.9 Å². The van der Waals surface area contributed by atoms with E-state index in [2.05, 4.69) is 37.4 Å². The highest BCUT2D eigenvalue weighted by Crippen LogP contribution is 2.17. The van der Waals surface area contributed by atoms with Gasteiger partial charge < -0.3 is 10.2 Å². The molecule has 0 saturated heterocycles. The molecule has 0 aliphatic carbocycles. The van der Waals surface area contributed by atoms with Crippen LogP contribution in [0.3, 0.4) is 0 Å². The van der Waals surface area contributed by atoms with Crippen LogP contribution in [0.4, 0.5) is 5.69 Å². The van der Waals surface area contributed by atoms with Gasteiger partial charge in [-0.2, -0.15) is 0 Å². The van der Waals surface area contributed by atoms with Gasteiger partial charge in [-0.3, -0.25) is 4.79 Å². The van der Waals surface area contributed by atoms with Gasteiger partial charge in [-0.15, -0.1) is 0 Å². The van der Waals surface area contributed by atoms with Crippen molar-refractivity contribution in [2.75, 3.05) is 18.5 Å². The van der Waals surface area contributed by atoms with Gasteiger partial charge in [0.1, 0.15) is 0 Å². The molecule has 0 aromatic heterocycles. The minimum atomic E-state index is -0.180. The number of nitrogens with zero attached hydrogens (tertiary/aromatic N) is 1. The molecule has 0 heterocycles. The summed E-state index contributed by atoms with van der Waals surface area (Å²) in [6, 6.07) is 6.32. The Hall–Kier alpha value is -1.51. The molecule has 0 atom stereocenters. The van der Waals surface area contributed by atoms with Gasteiger partial charge in [0.25, 0.3) is 0 Å². The predicted octanol–water partition coefficient (Wildman–Crippen LogP) is 2.65. The zero-order valence-corrected chi connectivity index (χ0v) is 12.3. The van der Waals surface area contributed by atoms with E-state index >= 15 is 0 Å². The van der Waals surface area contributed by atoms with Gasteiger partial charge in [-0.1, -0.05) is 6.07 Å². The smallest absolute Gasteiger partial charge is 0.239 e. The zero-order chi connectivity index (χ0) is 13.9. The number of aryl methyl sites for hydroxylation is 2. The Balaban J connectivity index is 2.70. The lowest BCUT2D eigenvalue weighted by Gasteiger charge is -2.24. The molecular formula is C15H24N2O. The second-order valence-corrected chi connectivity index (χ2v) is 6.00. The lowest BCUT2D eigenvalue weighted by Crippen LogP contribution is -2.45. The van der Waals surface area contributed by atoms with Crippen molar-refractivity contribution in [1.82, 2.24) is 5.32 Å².